The van der Waals surface area contributed by atoms with E-state index >= 15 is 0 Å². The maximum Gasteiger partial charge on any atom is 0.320 e. The van der Waals surface area contributed by atoms with Crippen LogP contribution < -0.4 is 9.83 Å². The van der Waals surface area contributed by atoms with E-state index in [1.165, 1.54) is 0 Å². The van der Waals surface area contributed by atoms with E-state index in [4.69, 9.17) is 9.63 Å². The van der Waals surface area contributed by atoms with E-state index in [2.05, 4.69) is 4.74 Å². The van der Waals surface area contributed by atoms with Crippen LogP contribution in [0.5, 0.6) is 5.75 Å². The minimum atomic E-state index is -3.83. The van der Waals surface area contributed by atoms with Gasteiger partial charge in [0.2, 0.25) is 0 Å². The van der Waals surface area contributed by atoms with Gasteiger partial charge in [-0.15, -0.1) is 0 Å². The molecule has 0 amide bonds. The fourth-order valence-electron chi connectivity index (χ4n) is 2.81. The lowest BCUT2D eigenvalue weighted by Crippen LogP contribution is -2.34. The highest BCUT2D eigenvalue weighted by Crippen LogP contribution is 2.58. The third-order valence-electron chi connectivity index (χ3n) is 3.90. The molecular formula is C17H15O6P. The molecule has 0 radical (unpaired) electrons. The van der Waals surface area contributed by atoms with Crippen LogP contribution in [0.2, 0.25) is 0 Å². The number of carbonyl (C=O) groups is 2. The van der Waals surface area contributed by atoms with Crippen LogP contribution in [-0.2, 0) is 18.9 Å². The number of hydrogen-bond donors (Lipinski definition) is 1. The van der Waals surface area contributed by atoms with Crippen molar-refractivity contribution >= 4 is 24.6 Å². The Morgan fingerprint density at radius 3 is 2.42 bits per heavy atom. The number of ether oxygens (including phenoxy) is 1. The monoisotopic (exact) mass is 346 g/mol. The van der Waals surface area contributed by atoms with E-state index in [9.17, 15) is 14.2 Å². The summed E-state index contributed by atoms with van der Waals surface area (Å²) >= 11 is 0. The van der Waals surface area contributed by atoms with Gasteiger partial charge in [0.05, 0.1) is 18.8 Å². The Balaban J connectivity index is 2.22. The zero-order valence-corrected chi connectivity index (χ0v) is 13.7. The number of carboxylic acid groups (broad SMARTS) is 1. The Morgan fingerprint density at radius 1 is 1.12 bits per heavy atom. The van der Waals surface area contributed by atoms with Gasteiger partial charge in [0.15, 0.2) is 5.66 Å². The summed E-state index contributed by atoms with van der Waals surface area (Å²) in [5, 5.41) is 9.47. The summed E-state index contributed by atoms with van der Waals surface area (Å²) in [7, 11) is -2.70. The van der Waals surface area contributed by atoms with Gasteiger partial charge in [-0.25, -0.2) is 0 Å². The summed E-state index contributed by atoms with van der Waals surface area (Å²) in [5.41, 5.74) is 0.00926. The predicted octanol–water partition coefficient (Wildman–Crippen LogP) is 2.67. The SMILES string of the molecule is COC(=O)C(CC(=O)O)P1(=O)Oc2ccccc2-c2ccccc21. The molecular weight excluding hydrogens is 331 g/mol. The van der Waals surface area contributed by atoms with Crippen molar-refractivity contribution in [3.8, 4) is 16.9 Å². The first-order valence-electron chi connectivity index (χ1n) is 7.25. The molecule has 2 aromatic rings. The number of benzene rings is 2. The van der Waals surface area contributed by atoms with Gasteiger partial charge in [0.1, 0.15) is 5.75 Å². The lowest BCUT2D eigenvalue weighted by Gasteiger charge is -2.32. The molecule has 0 saturated heterocycles. The largest absolute Gasteiger partial charge is 0.481 e. The third kappa shape index (κ3) is 2.59. The van der Waals surface area contributed by atoms with E-state index in [1.54, 1.807) is 36.4 Å². The molecule has 0 fully saturated rings. The van der Waals surface area contributed by atoms with Crippen molar-refractivity contribution < 1.29 is 28.5 Å². The van der Waals surface area contributed by atoms with Crippen LogP contribution >= 0.6 is 7.37 Å². The first-order valence-corrected chi connectivity index (χ1v) is 8.94. The number of esters is 1. The first kappa shape index (κ1) is 16.3. The zero-order valence-electron chi connectivity index (χ0n) is 12.8. The molecule has 24 heavy (non-hydrogen) atoms. The van der Waals surface area contributed by atoms with E-state index < -0.39 is 31.4 Å². The Bertz CT molecular complexity index is 860. The highest BCUT2D eigenvalue weighted by Gasteiger charge is 2.48. The topological polar surface area (TPSA) is 89.9 Å². The van der Waals surface area contributed by atoms with Crippen molar-refractivity contribution in [1.82, 2.24) is 0 Å². The molecule has 3 rings (SSSR count). The number of rotatable bonds is 4. The highest BCUT2D eigenvalue weighted by molar-refractivity contribution is 7.69. The highest BCUT2D eigenvalue weighted by atomic mass is 31.2. The van der Waals surface area contributed by atoms with Gasteiger partial charge in [-0.3, -0.25) is 14.2 Å². The van der Waals surface area contributed by atoms with Crippen LogP contribution in [0.4, 0.5) is 0 Å². The third-order valence-corrected chi connectivity index (χ3v) is 6.65. The molecule has 0 bridgehead atoms. The summed E-state index contributed by atoms with van der Waals surface area (Å²) in [6.07, 6.45) is -0.638. The molecule has 1 N–H and O–H groups in total. The normalized spacial score (nSPS) is 19.4. The van der Waals surface area contributed by atoms with Crippen molar-refractivity contribution in [1.29, 1.82) is 0 Å². The van der Waals surface area contributed by atoms with Crippen LogP contribution in [-0.4, -0.2) is 29.8 Å². The van der Waals surface area contributed by atoms with Gasteiger partial charge in [-0.2, -0.15) is 0 Å². The molecule has 7 heteroatoms. The molecule has 1 aliphatic heterocycles. The van der Waals surface area contributed by atoms with Crippen LogP contribution in [0.15, 0.2) is 48.5 Å². The van der Waals surface area contributed by atoms with Crippen molar-refractivity contribution in [3.05, 3.63) is 48.5 Å². The molecule has 2 aromatic carbocycles. The van der Waals surface area contributed by atoms with Gasteiger partial charge in [0, 0.05) is 5.56 Å². The number of para-hydroxylation sites is 1. The maximum absolute atomic E-state index is 13.7. The molecule has 1 aliphatic rings. The van der Waals surface area contributed by atoms with Gasteiger partial charge >= 0.3 is 11.9 Å². The van der Waals surface area contributed by atoms with E-state index in [1.807, 2.05) is 12.1 Å². The molecule has 0 aromatic heterocycles. The summed E-state index contributed by atoms with van der Waals surface area (Å²) in [6, 6.07) is 13.9. The van der Waals surface area contributed by atoms with E-state index in [0.29, 0.717) is 16.6 Å². The van der Waals surface area contributed by atoms with Crippen LogP contribution in [0.3, 0.4) is 0 Å². The Labute approximate surface area is 138 Å². The van der Waals surface area contributed by atoms with Gasteiger partial charge in [0.25, 0.3) is 7.37 Å². The maximum atomic E-state index is 13.7. The molecule has 0 saturated carbocycles. The lowest BCUT2D eigenvalue weighted by molar-refractivity contribution is -0.145. The number of hydrogen-bond acceptors (Lipinski definition) is 5. The quantitative estimate of drug-likeness (QED) is 0.676. The summed E-state index contributed by atoms with van der Waals surface area (Å²) in [4.78, 5) is 23.3. The second-order valence-corrected chi connectivity index (χ2v) is 7.82. The van der Waals surface area contributed by atoms with Crippen LogP contribution in [0.1, 0.15) is 6.42 Å². The second kappa shape index (κ2) is 6.13. The van der Waals surface area contributed by atoms with Gasteiger partial charge < -0.3 is 14.4 Å². The number of fused-ring (bicyclic) bond motifs is 3. The fraction of sp³-hybridized carbons (Fsp3) is 0.176. The van der Waals surface area contributed by atoms with Crippen LogP contribution in [0, 0.1) is 0 Å². The molecule has 1 heterocycles. The molecule has 2 atom stereocenters. The second-order valence-electron chi connectivity index (χ2n) is 5.34. The molecule has 124 valence electrons. The summed E-state index contributed by atoms with van der Waals surface area (Å²) in [6.45, 7) is 0. The van der Waals surface area contributed by atoms with E-state index in [-0.39, 0.29) is 0 Å². The van der Waals surface area contributed by atoms with Crippen LogP contribution in [0.25, 0.3) is 11.1 Å². The Kier molecular flexibility index (Phi) is 4.16. The average molecular weight is 346 g/mol. The number of aliphatic carboxylic acids is 1. The fourth-order valence-corrected chi connectivity index (χ4v) is 5.43. The number of methoxy groups -OCH3 is 1. The van der Waals surface area contributed by atoms with Crippen molar-refractivity contribution in [2.75, 3.05) is 7.11 Å². The van der Waals surface area contributed by atoms with Gasteiger partial charge in [-0.05, 0) is 17.7 Å². The predicted molar refractivity (Wildman–Crippen MR) is 87.8 cm³/mol. The van der Waals surface area contributed by atoms with E-state index in [0.717, 1.165) is 12.7 Å². The van der Waals surface area contributed by atoms with Crippen molar-refractivity contribution in [2.24, 2.45) is 0 Å². The zero-order chi connectivity index (χ0) is 17.3. The van der Waals surface area contributed by atoms with Crippen molar-refractivity contribution in [2.45, 2.75) is 12.1 Å². The Hall–Kier alpha value is -2.59. The average Bonchev–Trinajstić information content (AvgIpc) is 2.59. The minimum absolute atomic E-state index is 0.334. The van der Waals surface area contributed by atoms with Gasteiger partial charge in [-0.1, -0.05) is 36.4 Å². The smallest absolute Gasteiger partial charge is 0.320 e. The molecule has 0 spiro atoms. The standard InChI is InChI=1S/C17H15O6P/c1-22-17(20)15(10-16(18)19)24(21)14-9-5-3-7-12(14)11-6-2-4-8-13(11)23-24/h2-9,15H,10H2,1H3,(H,18,19). The number of carbonyl (C=O) groups excluding carboxylic acids is 1. The Morgan fingerprint density at radius 2 is 1.75 bits per heavy atom. The lowest BCUT2D eigenvalue weighted by atomic mass is 10.0. The first-order chi connectivity index (χ1) is 11.5. The summed E-state index contributed by atoms with van der Waals surface area (Å²) < 4.78 is 24.1. The number of carboxylic acids is 1. The minimum Gasteiger partial charge on any atom is -0.481 e. The molecule has 6 nitrogen and oxygen atoms in total. The molecule has 0 aliphatic carbocycles. The van der Waals surface area contributed by atoms with Crippen molar-refractivity contribution in [3.63, 3.8) is 0 Å². The summed E-state index contributed by atoms with van der Waals surface area (Å²) in [5.74, 6) is -1.76. The molecule has 2 unspecified atom stereocenters.